The molecular weight excluding hydrogens is 393 g/mol. The van der Waals surface area contributed by atoms with Crippen molar-refractivity contribution in [3.8, 4) is 17.6 Å². The molecule has 1 aliphatic rings. The molecule has 1 N–H and O–H groups in total. The lowest BCUT2D eigenvalue weighted by atomic mass is 9.93. The van der Waals surface area contributed by atoms with Gasteiger partial charge < -0.3 is 10.1 Å². The maximum Gasteiger partial charge on any atom is 0.259 e. The molecule has 0 atom stereocenters. The lowest BCUT2D eigenvalue weighted by Gasteiger charge is -2.18. The van der Waals surface area contributed by atoms with E-state index in [2.05, 4.69) is 17.2 Å². The molecule has 0 saturated heterocycles. The van der Waals surface area contributed by atoms with Gasteiger partial charge in [0.25, 0.3) is 5.91 Å². The Bertz CT molecular complexity index is 1260. The SMILES string of the molecule is COc1ccc(CC#Cc2ccc3c(c2)C(=O)/C(=C/c2cccc(F)c2)C(=O)N3)cc1. The molecular formula is C26H18FNO3. The molecule has 0 bridgehead atoms. The number of Topliss-reactive ketones (excluding diaryl/α,β-unsaturated/α-hetero) is 1. The Morgan fingerprint density at radius 3 is 2.58 bits per heavy atom. The molecule has 31 heavy (non-hydrogen) atoms. The lowest BCUT2D eigenvalue weighted by molar-refractivity contribution is -0.112. The number of ether oxygens (including phenoxy) is 1. The van der Waals surface area contributed by atoms with Gasteiger partial charge in [0.2, 0.25) is 5.78 Å². The van der Waals surface area contributed by atoms with Gasteiger partial charge in [-0.25, -0.2) is 4.39 Å². The van der Waals surface area contributed by atoms with Gasteiger partial charge in [-0.15, -0.1) is 0 Å². The van der Waals surface area contributed by atoms with Crippen molar-refractivity contribution in [2.24, 2.45) is 0 Å². The van der Waals surface area contributed by atoms with Crippen molar-refractivity contribution in [1.82, 2.24) is 0 Å². The number of carbonyl (C=O) groups excluding carboxylic acids is 2. The first-order chi connectivity index (χ1) is 15.0. The smallest absolute Gasteiger partial charge is 0.259 e. The fraction of sp³-hybridized carbons (Fsp3) is 0.0769. The molecule has 0 aliphatic carbocycles. The molecule has 0 radical (unpaired) electrons. The average molecular weight is 411 g/mol. The van der Waals surface area contributed by atoms with E-state index in [4.69, 9.17) is 4.74 Å². The van der Waals surface area contributed by atoms with E-state index in [9.17, 15) is 14.0 Å². The molecule has 3 aromatic carbocycles. The van der Waals surface area contributed by atoms with Gasteiger partial charge in [-0.3, -0.25) is 9.59 Å². The molecule has 1 aliphatic heterocycles. The number of carbonyl (C=O) groups is 2. The highest BCUT2D eigenvalue weighted by atomic mass is 19.1. The van der Waals surface area contributed by atoms with Gasteiger partial charge in [-0.1, -0.05) is 36.1 Å². The van der Waals surface area contributed by atoms with Crippen LogP contribution in [0, 0.1) is 17.7 Å². The molecule has 3 aromatic rings. The first-order valence-electron chi connectivity index (χ1n) is 9.62. The Balaban J connectivity index is 1.58. The topological polar surface area (TPSA) is 55.4 Å². The molecule has 0 spiro atoms. The summed E-state index contributed by atoms with van der Waals surface area (Å²) in [6, 6.07) is 18.5. The summed E-state index contributed by atoms with van der Waals surface area (Å²) in [6.07, 6.45) is 1.95. The zero-order valence-electron chi connectivity index (χ0n) is 16.7. The lowest BCUT2D eigenvalue weighted by Crippen LogP contribution is -2.27. The summed E-state index contributed by atoms with van der Waals surface area (Å²) < 4.78 is 18.6. The average Bonchev–Trinajstić information content (AvgIpc) is 2.77. The van der Waals surface area contributed by atoms with E-state index >= 15 is 0 Å². The maximum atomic E-state index is 13.5. The highest BCUT2D eigenvalue weighted by Gasteiger charge is 2.28. The maximum absolute atomic E-state index is 13.5. The summed E-state index contributed by atoms with van der Waals surface area (Å²) in [6.45, 7) is 0. The van der Waals surface area contributed by atoms with E-state index in [0.717, 1.165) is 11.3 Å². The summed E-state index contributed by atoms with van der Waals surface area (Å²) in [5.74, 6) is 5.58. The molecule has 0 fully saturated rings. The number of benzene rings is 3. The fourth-order valence-corrected chi connectivity index (χ4v) is 3.24. The van der Waals surface area contributed by atoms with Crippen LogP contribution >= 0.6 is 0 Å². The third-order valence-corrected chi connectivity index (χ3v) is 4.85. The molecule has 4 nitrogen and oxygen atoms in total. The largest absolute Gasteiger partial charge is 0.497 e. The zero-order valence-corrected chi connectivity index (χ0v) is 16.7. The van der Waals surface area contributed by atoms with Crippen molar-refractivity contribution in [2.75, 3.05) is 12.4 Å². The number of hydrogen-bond donors (Lipinski definition) is 1. The molecule has 152 valence electrons. The normalized spacial score (nSPS) is 13.8. The van der Waals surface area contributed by atoms with Crippen molar-refractivity contribution < 1.29 is 18.7 Å². The molecule has 0 saturated carbocycles. The van der Waals surface area contributed by atoms with Crippen LogP contribution in [-0.2, 0) is 11.2 Å². The number of ketones is 1. The molecule has 0 unspecified atom stereocenters. The Labute approximate surface area is 179 Å². The van der Waals surface area contributed by atoms with Crippen LogP contribution in [0.3, 0.4) is 0 Å². The molecule has 1 amide bonds. The summed E-state index contributed by atoms with van der Waals surface area (Å²) in [5.41, 5.74) is 2.92. The van der Waals surface area contributed by atoms with Gasteiger partial charge in [0.1, 0.15) is 11.6 Å². The Morgan fingerprint density at radius 2 is 1.84 bits per heavy atom. The van der Waals surface area contributed by atoms with E-state index in [0.29, 0.717) is 28.8 Å². The third kappa shape index (κ3) is 4.54. The van der Waals surface area contributed by atoms with Gasteiger partial charge in [0.15, 0.2) is 0 Å². The van der Waals surface area contributed by atoms with E-state index in [-0.39, 0.29) is 5.57 Å². The monoisotopic (exact) mass is 411 g/mol. The third-order valence-electron chi connectivity index (χ3n) is 4.85. The van der Waals surface area contributed by atoms with Crippen LogP contribution in [0.4, 0.5) is 10.1 Å². The molecule has 0 aromatic heterocycles. The predicted molar refractivity (Wildman–Crippen MR) is 117 cm³/mol. The molecule has 1 heterocycles. The zero-order chi connectivity index (χ0) is 21.8. The van der Waals surface area contributed by atoms with E-state index in [1.54, 1.807) is 31.4 Å². The summed E-state index contributed by atoms with van der Waals surface area (Å²) in [7, 11) is 1.62. The van der Waals surface area contributed by atoms with Crippen LogP contribution in [0.25, 0.3) is 6.08 Å². The second kappa shape index (κ2) is 8.68. The standard InChI is InChI=1S/C26H18FNO3/c1-31-21-11-8-17(9-12-21)4-2-5-18-10-13-24-22(15-18)25(29)23(26(30)28-24)16-19-6-3-7-20(27)14-19/h3,6-16H,4H2,1H3,(H,28,30)/b23-16-. The second-order valence-electron chi connectivity index (χ2n) is 6.98. The molecule has 5 heteroatoms. The minimum absolute atomic E-state index is 0.0403. The predicted octanol–water partition coefficient (Wildman–Crippen LogP) is 4.65. The highest BCUT2D eigenvalue weighted by Crippen LogP contribution is 2.27. The minimum Gasteiger partial charge on any atom is -0.497 e. The van der Waals surface area contributed by atoms with Crippen molar-refractivity contribution in [2.45, 2.75) is 6.42 Å². The van der Waals surface area contributed by atoms with Crippen molar-refractivity contribution >= 4 is 23.5 Å². The number of anilines is 1. The number of amides is 1. The van der Waals surface area contributed by atoms with Crippen LogP contribution < -0.4 is 10.1 Å². The Kier molecular flexibility index (Phi) is 5.63. The summed E-state index contributed by atoms with van der Waals surface area (Å²) >= 11 is 0. The number of halogens is 1. The van der Waals surface area contributed by atoms with E-state index < -0.39 is 17.5 Å². The fourth-order valence-electron chi connectivity index (χ4n) is 3.24. The Morgan fingerprint density at radius 1 is 1.03 bits per heavy atom. The van der Waals surface area contributed by atoms with Crippen molar-refractivity contribution in [1.29, 1.82) is 0 Å². The number of nitrogens with one attached hydrogen (secondary N) is 1. The van der Waals surface area contributed by atoms with Gasteiger partial charge in [-0.2, -0.15) is 0 Å². The van der Waals surface area contributed by atoms with Crippen LogP contribution in [0.5, 0.6) is 5.75 Å². The van der Waals surface area contributed by atoms with Crippen LogP contribution in [-0.4, -0.2) is 18.8 Å². The second-order valence-corrected chi connectivity index (χ2v) is 6.98. The van der Waals surface area contributed by atoms with Gasteiger partial charge >= 0.3 is 0 Å². The number of rotatable bonds is 3. The van der Waals surface area contributed by atoms with Gasteiger partial charge in [0, 0.05) is 17.5 Å². The number of methoxy groups -OCH3 is 1. The van der Waals surface area contributed by atoms with Crippen molar-refractivity contribution in [3.63, 3.8) is 0 Å². The number of fused-ring (bicyclic) bond motifs is 1. The Hall–Kier alpha value is -4.17. The van der Waals surface area contributed by atoms with Crippen LogP contribution in [0.2, 0.25) is 0 Å². The van der Waals surface area contributed by atoms with Crippen molar-refractivity contribution in [3.05, 3.63) is 100 Å². The van der Waals surface area contributed by atoms with E-state index in [1.807, 2.05) is 24.3 Å². The summed E-state index contributed by atoms with van der Waals surface area (Å²) in [4.78, 5) is 25.3. The minimum atomic E-state index is -0.514. The first-order valence-corrected chi connectivity index (χ1v) is 9.62. The quantitative estimate of drug-likeness (QED) is 0.388. The van der Waals surface area contributed by atoms with Crippen LogP contribution in [0.15, 0.2) is 72.3 Å². The number of hydrogen-bond acceptors (Lipinski definition) is 3. The first kappa shape index (κ1) is 20.1. The van der Waals surface area contributed by atoms with Gasteiger partial charge in [0.05, 0.1) is 18.4 Å². The molecule has 4 rings (SSSR count). The van der Waals surface area contributed by atoms with Gasteiger partial charge in [-0.05, 0) is 59.7 Å². The summed E-state index contributed by atoms with van der Waals surface area (Å²) in [5, 5.41) is 2.71. The highest BCUT2D eigenvalue weighted by molar-refractivity contribution is 6.36. The van der Waals surface area contributed by atoms with E-state index in [1.165, 1.54) is 24.3 Å². The van der Waals surface area contributed by atoms with Crippen LogP contribution in [0.1, 0.15) is 27.0 Å².